The van der Waals surface area contributed by atoms with Crippen molar-refractivity contribution in [2.24, 2.45) is 0 Å². The molecule has 0 amide bonds. The highest BCUT2D eigenvalue weighted by molar-refractivity contribution is 7.17. The molecule has 0 radical (unpaired) electrons. The fourth-order valence-corrected chi connectivity index (χ4v) is 2.47. The van der Waals surface area contributed by atoms with Crippen molar-refractivity contribution in [2.45, 2.75) is 13.2 Å². The number of rotatable bonds is 0. The molecule has 1 aromatic heterocycles. The Morgan fingerprint density at radius 1 is 1.17 bits per heavy atom. The van der Waals surface area contributed by atoms with E-state index in [1.54, 1.807) is 11.3 Å². The molecule has 1 nitrogen and oxygen atoms in total. The van der Waals surface area contributed by atoms with Gasteiger partial charge in [0.05, 0.1) is 13.2 Å². The number of thiophene rings is 1. The predicted octanol–water partition coefficient (Wildman–Crippen LogP) is 2.93. The van der Waals surface area contributed by atoms with E-state index in [0.29, 0.717) is 0 Å². The first kappa shape index (κ1) is 6.63. The zero-order chi connectivity index (χ0) is 7.97. The van der Waals surface area contributed by atoms with Gasteiger partial charge in [-0.15, -0.1) is 11.3 Å². The van der Waals surface area contributed by atoms with Gasteiger partial charge in [-0.1, -0.05) is 0 Å². The molecule has 0 unspecified atom stereocenters. The van der Waals surface area contributed by atoms with Crippen LogP contribution in [0.3, 0.4) is 0 Å². The van der Waals surface area contributed by atoms with Gasteiger partial charge >= 0.3 is 0 Å². The van der Waals surface area contributed by atoms with Gasteiger partial charge in [-0.2, -0.15) is 0 Å². The number of fused-ring (bicyclic) bond motifs is 2. The van der Waals surface area contributed by atoms with Crippen LogP contribution in [0.4, 0.5) is 0 Å². The van der Waals surface area contributed by atoms with E-state index in [-0.39, 0.29) is 0 Å². The lowest BCUT2D eigenvalue weighted by Crippen LogP contribution is -1.79. The quantitative estimate of drug-likeness (QED) is 0.599. The van der Waals surface area contributed by atoms with E-state index >= 15 is 0 Å². The standard InChI is InChI=1S/C10H8OS/c1-2-12-10-4-9-6-11-5-8(9)3-7(1)10/h1-4H,5-6H2. The molecule has 3 rings (SSSR count). The highest BCUT2D eigenvalue weighted by atomic mass is 32.1. The van der Waals surface area contributed by atoms with Gasteiger partial charge in [-0.3, -0.25) is 0 Å². The first-order chi connectivity index (χ1) is 5.93. The largest absolute Gasteiger partial charge is 0.372 e. The lowest BCUT2D eigenvalue weighted by atomic mass is 10.1. The third-order valence-corrected chi connectivity index (χ3v) is 3.17. The summed E-state index contributed by atoms with van der Waals surface area (Å²) in [4.78, 5) is 0. The minimum Gasteiger partial charge on any atom is -0.372 e. The van der Waals surface area contributed by atoms with E-state index in [0.717, 1.165) is 13.2 Å². The third-order valence-electron chi connectivity index (χ3n) is 2.29. The summed E-state index contributed by atoms with van der Waals surface area (Å²) in [7, 11) is 0. The van der Waals surface area contributed by atoms with Crippen molar-refractivity contribution >= 4 is 21.4 Å². The van der Waals surface area contributed by atoms with Crippen LogP contribution in [0, 0.1) is 0 Å². The van der Waals surface area contributed by atoms with Gasteiger partial charge in [0.15, 0.2) is 0 Å². The first-order valence-corrected chi connectivity index (χ1v) is 4.88. The smallest absolute Gasteiger partial charge is 0.0725 e. The van der Waals surface area contributed by atoms with Crippen LogP contribution in [-0.2, 0) is 18.0 Å². The van der Waals surface area contributed by atoms with E-state index in [2.05, 4.69) is 23.6 Å². The molecule has 0 bridgehead atoms. The molecule has 2 heterocycles. The van der Waals surface area contributed by atoms with E-state index in [4.69, 9.17) is 4.74 Å². The summed E-state index contributed by atoms with van der Waals surface area (Å²) in [5, 5.41) is 3.49. The van der Waals surface area contributed by atoms with Crippen LogP contribution in [0.2, 0.25) is 0 Å². The van der Waals surface area contributed by atoms with Gasteiger partial charge in [-0.05, 0) is 40.1 Å². The van der Waals surface area contributed by atoms with Crippen molar-refractivity contribution in [1.82, 2.24) is 0 Å². The molecule has 1 aliphatic rings. The summed E-state index contributed by atoms with van der Waals surface area (Å²) >= 11 is 1.80. The van der Waals surface area contributed by atoms with Gasteiger partial charge in [0.2, 0.25) is 0 Å². The molecule has 60 valence electrons. The number of hydrogen-bond donors (Lipinski definition) is 0. The molecule has 0 aliphatic carbocycles. The van der Waals surface area contributed by atoms with E-state index in [9.17, 15) is 0 Å². The Labute approximate surface area is 74.6 Å². The molecule has 0 N–H and O–H groups in total. The first-order valence-electron chi connectivity index (χ1n) is 4.00. The molecule has 0 saturated carbocycles. The second-order valence-corrected chi connectivity index (χ2v) is 4.02. The monoisotopic (exact) mass is 176 g/mol. The second kappa shape index (κ2) is 2.31. The van der Waals surface area contributed by atoms with Crippen molar-refractivity contribution in [1.29, 1.82) is 0 Å². The zero-order valence-electron chi connectivity index (χ0n) is 6.54. The second-order valence-electron chi connectivity index (χ2n) is 3.07. The summed E-state index contributed by atoms with van der Waals surface area (Å²) in [6.07, 6.45) is 0. The lowest BCUT2D eigenvalue weighted by molar-refractivity contribution is 0.134. The molecule has 12 heavy (non-hydrogen) atoms. The molecular formula is C10H8OS. The highest BCUT2D eigenvalue weighted by Gasteiger charge is 2.11. The topological polar surface area (TPSA) is 9.23 Å². The molecule has 1 aliphatic heterocycles. The molecular weight excluding hydrogens is 168 g/mol. The van der Waals surface area contributed by atoms with Crippen LogP contribution in [0.25, 0.3) is 10.1 Å². The molecule has 0 fully saturated rings. The summed E-state index contributed by atoms with van der Waals surface area (Å²) in [5.74, 6) is 0. The Morgan fingerprint density at radius 3 is 2.92 bits per heavy atom. The van der Waals surface area contributed by atoms with Crippen LogP contribution in [0.5, 0.6) is 0 Å². The van der Waals surface area contributed by atoms with Gasteiger partial charge in [0.1, 0.15) is 0 Å². The molecule has 2 aromatic rings. The van der Waals surface area contributed by atoms with E-state index in [1.807, 2.05) is 0 Å². The number of ether oxygens (including phenoxy) is 1. The van der Waals surface area contributed by atoms with Crippen molar-refractivity contribution < 1.29 is 4.74 Å². The highest BCUT2D eigenvalue weighted by Crippen LogP contribution is 2.28. The van der Waals surface area contributed by atoms with Crippen molar-refractivity contribution in [3.63, 3.8) is 0 Å². The molecule has 0 spiro atoms. The normalized spacial score (nSPS) is 15.3. The average Bonchev–Trinajstić information content (AvgIpc) is 2.64. The van der Waals surface area contributed by atoms with Crippen molar-refractivity contribution in [3.8, 4) is 0 Å². The Hall–Kier alpha value is -0.860. The number of benzene rings is 1. The lowest BCUT2D eigenvalue weighted by Gasteiger charge is -1.95. The Bertz CT molecular complexity index is 392. The third kappa shape index (κ3) is 0.822. The van der Waals surface area contributed by atoms with Crippen LogP contribution >= 0.6 is 11.3 Å². The Morgan fingerprint density at radius 2 is 2.00 bits per heavy atom. The SMILES string of the molecule is c1cc2cc3c(cc2s1)COC3. The zero-order valence-corrected chi connectivity index (χ0v) is 7.36. The summed E-state index contributed by atoms with van der Waals surface area (Å²) in [5.41, 5.74) is 2.73. The van der Waals surface area contributed by atoms with Gasteiger partial charge in [0, 0.05) is 4.70 Å². The van der Waals surface area contributed by atoms with Gasteiger partial charge in [-0.25, -0.2) is 0 Å². The van der Waals surface area contributed by atoms with E-state index < -0.39 is 0 Å². The summed E-state index contributed by atoms with van der Waals surface area (Å²) in [6.45, 7) is 1.59. The molecule has 0 atom stereocenters. The van der Waals surface area contributed by atoms with Gasteiger partial charge in [0.25, 0.3) is 0 Å². The maximum Gasteiger partial charge on any atom is 0.0725 e. The van der Waals surface area contributed by atoms with Crippen LogP contribution in [0.1, 0.15) is 11.1 Å². The molecule has 1 aromatic carbocycles. The van der Waals surface area contributed by atoms with Gasteiger partial charge < -0.3 is 4.74 Å². The van der Waals surface area contributed by atoms with Crippen molar-refractivity contribution in [2.75, 3.05) is 0 Å². The summed E-state index contributed by atoms with van der Waals surface area (Å²) in [6, 6.07) is 6.66. The average molecular weight is 176 g/mol. The molecule has 0 saturated heterocycles. The maximum absolute atomic E-state index is 5.36. The van der Waals surface area contributed by atoms with Crippen LogP contribution in [-0.4, -0.2) is 0 Å². The fourth-order valence-electron chi connectivity index (χ4n) is 1.64. The molecule has 2 heteroatoms. The van der Waals surface area contributed by atoms with Crippen molar-refractivity contribution in [3.05, 3.63) is 34.7 Å². The van der Waals surface area contributed by atoms with Crippen LogP contribution < -0.4 is 0 Å². The summed E-state index contributed by atoms with van der Waals surface area (Å²) < 4.78 is 6.73. The van der Waals surface area contributed by atoms with E-state index in [1.165, 1.54) is 21.2 Å². The van der Waals surface area contributed by atoms with Crippen LogP contribution in [0.15, 0.2) is 23.6 Å². The predicted molar refractivity (Wildman–Crippen MR) is 50.3 cm³/mol. The number of hydrogen-bond acceptors (Lipinski definition) is 2. The fraction of sp³-hybridized carbons (Fsp3) is 0.200. The maximum atomic E-state index is 5.36. The Kier molecular flexibility index (Phi) is 1.28. The Balaban J connectivity index is 2.38. The minimum atomic E-state index is 0.793. The minimum absolute atomic E-state index is 0.793.